The first-order chi connectivity index (χ1) is 13.3. The summed E-state index contributed by atoms with van der Waals surface area (Å²) in [4.78, 5) is 28.6. The number of rotatable bonds is 5. The van der Waals surface area contributed by atoms with Crippen molar-refractivity contribution >= 4 is 17.6 Å². The highest BCUT2D eigenvalue weighted by Crippen LogP contribution is 2.22. The zero-order valence-electron chi connectivity index (χ0n) is 15.0. The van der Waals surface area contributed by atoms with Crippen LogP contribution in [0.3, 0.4) is 0 Å². The van der Waals surface area contributed by atoms with Crippen LogP contribution in [0.25, 0.3) is 11.5 Å². The van der Waals surface area contributed by atoms with Gasteiger partial charge < -0.3 is 14.5 Å². The molecular weight excluding hydrogens is 370 g/mol. The van der Waals surface area contributed by atoms with Crippen molar-refractivity contribution in [1.29, 1.82) is 0 Å². The van der Waals surface area contributed by atoms with Crippen LogP contribution in [-0.4, -0.2) is 23.0 Å². The number of nitrogens with one attached hydrogen (secondary N) is 1. The number of aromatic nitrogens is 1. The van der Waals surface area contributed by atoms with E-state index in [-0.39, 0.29) is 23.0 Å². The van der Waals surface area contributed by atoms with E-state index in [9.17, 15) is 18.4 Å². The van der Waals surface area contributed by atoms with Gasteiger partial charge in [-0.3, -0.25) is 4.79 Å². The van der Waals surface area contributed by atoms with Gasteiger partial charge >= 0.3 is 5.97 Å². The average Bonchev–Trinajstić information content (AvgIpc) is 3.07. The number of nitrogens with zero attached hydrogens (tertiary/aromatic N) is 1. The zero-order valence-corrected chi connectivity index (χ0v) is 15.0. The van der Waals surface area contributed by atoms with Gasteiger partial charge in [-0.25, -0.2) is 18.6 Å². The van der Waals surface area contributed by atoms with E-state index in [2.05, 4.69) is 10.3 Å². The average molecular weight is 386 g/mol. The molecule has 1 amide bonds. The normalized spacial score (nSPS) is 11.7. The molecule has 1 atom stereocenters. The molecule has 0 fully saturated rings. The smallest absolute Gasteiger partial charge is 0.361 e. The van der Waals surface area contributed by atoms with Gasteiger partial charge in [0.05, 0.1) is 0 Å². The summed E-state index contributed by atoms with van der Waals surface area (Å²) in [5, 5.41) is 2.35. The Balaban J connectivity index is 1.67. The van der Waals surface area contributed by atoms with Crippen LogP contribution in [0.5, 0.6) is 0 Å². The molecule has 1 heterocycles. The van der Waals surface area contributed by atoms with Crippen LogP contribution < -0.4 is 5.32 Å². The molecule has 0 aliphatic heterocycles. The van der Waals surface area contributed by atoms with Gasteiger partial charge in [-0.05, 0) is 38.1 Å². The maximum atomic E-state index is 13.2. The Morgan fingerprint density at radius 1 is 1.11 bits per heavy atom. The summed E-state index contributed by atoms with van der Waals surface area (Å²) < 4.78 is 36.8. The van der Waals surface area contributed by atoms with E-state index in [1.807, 2.05) is 6.07 Å². The molecule has 0 aliphatic carbocycles. The largest absolute Gasteiger partial charge is 0.448 e. The molecule has 0 radical (unpaired) electrons. The number of halogens is 2. The van der Waals surface area contributed by atoms with Crippen molar-refractivity contribution < 1.29 is 27.5 Å². The van der Waals surface area contributed by atoms with Crippen LogP contribution >= 0.6 is 0 Å². The van der Waals surface area contributed by atoms with Crippen molar-refractivity contribution in [3.05, 3.63) is 71.6 Å². The number of aryl methyl sites for hydroxylation is 1. The lowest BCUT2D eigenvalue weighted by Crippen LogP contribution is -2.30. The fourth-order valence-electron chi connectivity index (χ4n) is 2.38. The second-order valence-electron chi connectivity index (χ2n) is 5.96. The van der Waals surface area contributed by atoms with E-state index in [1.165, 1.54) is 13.0 Å². The summed E-state index contributed by atoms with van der Waals surface area (Å²) >= 11 is 0. The lowest BCUT2D eigenvalue weighted by Gasteiger charge is -2.13. The Kier molecular flexibility index (Phi) is 5.49. The molecule has 6 nitrogen and oxygen atoms in total. The molecule has 0 saturated heterocycles. The number of anilines is 1. The number of hydrogen-bond donors (Lipinski definition) is 1. The quantitative estimate of drug-likeness (QED) is 0.668. The van der Waals surface area contributed by atoms with Crippen LogP contribution in [-0.2, 0) is 9.53 Å². The Morgan fingerprint density at radius 2 is 1.82 bits per heavy atom. The molecule has 3 rings (SSSR count). The van der Waals surface area contributed by atoms with E-state index in [0.29, 0.717) is 5.56 Å². The van der Waals surface area contributed by atoms with Crippen molar-refractivity contribution in [3.8, 4) is 11.5 Å². The molecule has 144 valence electrons. The van der Waals surface area contributed by atoms with Crippen molar-refractivity contribution in [1.82, 2.24) is 4.98 Å². The summed E-state index contributed by atoms with van der Waals surface area (Å²) in [5.74, 6) is -3.18. The lowest BCUT2D eigenvalue weighted by atomic mass is 10.2. The van der Waals surface area contributed by atoms with Gasteiger partial charge in [0.2, 0.25) is 5.89 Å². The minimum absolute atomic E-state index is 0.0378. The lowest BCUT2D eigenvalue weighted by molar-refractivity contribution is -0.123. The first kappa shape index (κ1) is 19.2. The Morgan fingerprint density at radius 3 is 2.50 bits per heavy atom. The molecule has 28 heavy (non-hydrogen) atoms. The third-order valence-corrected chi connectivity index (χ3v) is 3.85. The second-order valence-corrected chi connectivity index (χ2v) is 5.96. The summed E-state index contributed by atoms with van der Waals surface area (Å²) in [6, 6.07) is 11.9. The summed E-state index contributed by atoms with van der Waals surface area (Å²) in [5.41, 5.74) is 0.677. The predicted molar refractivity (Wildman–Crippen MR) is 96.5 cm³/mol. The summed E-state index contributed by atoms with van der Waals surface area (Å²) in [6.07, 6.45) is -1.20. The van der Waals surface area contributed by atoms with Crippen molar-refractivity contribution in [3.63, 3.8) is 0 Å². The van der Waals surface area contributed by atoms with Gasteiger partial charge in [0.25, 0.3) is 5.91 Å². The molecule has 1 aromatic heterocycles. The van der Waals surface area contributed by atoms with Crippen LogP contribution in [0.4, 0.5) is 14.5 Å². The Labute approximate surface area is 159 Å². The SMILES string of the molecule is Cc1oc(-c2ccccc2)nc1C(=O)O[C@@H](C)C(=O)Nc1ccc(F)c(F)c1. The van der Waals surface area contributed by atoms with Gasteiger partial charge in [-0.2, -0.15) is 0 Å². The topological polar surface area (TPSA) is 81.4 Å². The third kappa shape index (κ3) is 4.22. The van der Waals surface area contributed by atoms with Gasteiger partial charge in [-0.15, -0.1) is 0 Å². The number of benzene rings is 2. The standard InChI is InChI=1S/C20H16F2N2O4/c1-11-17(24-19(27-11)13-6-4-3-5-7-13)20(26)28-12(2)18(25)23-14-8-9-15(21)16(22)10-14/h3-10,12H,1-2H3,(H,23,25)/t12-/m0/s1. The van der Waals surface area contributed by atoms with E-state index in [0.717, 1.165) is 12.1 Å². The fourth-order valence-corrected chi connectivity index (χ4v) is 2.38. The van der Waals surface area contributed by atoms with Gasteiger partial charge in [0, 0.05) is 17.3 Å². The van der Waals surface area contributed by atoms with Crippen LogP contribution in [0.1, 0.15) is 23.2 Å². The third-order valence-electron chi connectivity index (χ3n) is 3.85. The Bertz CT molecular complexity index is 1020. The van der Waals surface area contributed by atoms with Crippen LogP contribution in [0, 0.1) is 18.6 Å². The number of ether oxygens (including phenoxy) is 1. The number of carbonyl (C=O) groups is 2. The van der Waals surface area contributed by atoms with Crippen molar-refractivity contribution in [2.24, 2.45) is 0 Å². The minimum atomic E-state index is -1.20. The molecule has 0 aliphatic rings. The summed E-state index contributed by atoms with van der Waals surface area (Å²) in [7, 11) is 0. The van der Waals surface area contributed by atoms with E-state index >= 15 is 0 Å². The maximum Gasteiger partial charge on any atom is 0.361 e. The fraction of sp³-hybridized carbons (Fsp3) is 0.150. The van der Waals surface area contributed by atoms with Crippen molar-refractivity contribution in [2.45, 2.75) is 20.0 Å². The molecular formula is C20H16F2N2O4. The maximum absolute atomic E-state index is 13.2. The van der Waals surface area contributed by atoms with E-state index in [1.54, 1.807) is 31.2 Å². The number of carbonyl (C=O) groups excluding carboxylic acids is 2. The zero-order chi connectivity index (χ0) is 20.3. The van der Waals surface area contributed by atoms with Gasteiger partial charge in [0.1, 0.15) is 5.76 Å². The highest BCUT2D eigenvalue weighted by atomic mass is 19.2. The molecule has 3 aromatic rings. The number of hydrogen-bond acceptors (Lipinski definition) is 5. The first-order valence-electron chi connectivity index (χ1n) is 8.35. The second kappa shape index (κ2) is 7.99. The van der Waals surface area contributed by atoms with Crippen LogP contribution in [0.2, 0.25) is 0 Å². The molecule has 0 saturated carbocycles. The van der Waals surface area contributed by atoms with E-state index in [4.69, 9.17) is 9.15 Å². The molecule has 0 unspecified atom stereocenters. The highest BCUT2D eigenvalue weighted by molar-refractivity contribution is 5.97. The molecule has 0 spiro atoms. The monoisotopic (exact) mass is 386 g/mol. The molecule has 2 aromatic carbocycles. The summed E-state index contributed by atoms with van der Waals surface area (Å²) in [6.45, 7) is 2.91. The molecule has 0 bridgehead atoms. The highest BCUT2D eigenvalue weighted by Gasteiger charge is 2.24. The van der Waals surface area contributed by atoms with Gasteiger partial charge in [-0.1, -0.05) is 18.2 Å². The van der Waals surface area contributed by atoms with Gasteiger partial charge in [0.15, 0.2) is 23.4 Å². The molecule has 1 N–H and O–H groups in total. The number of amides is 1. The van der Waals surface area contributed by atoms with Crippen LogP contribution in [0.15, 0.2) is 52.9 Å². The van der Waals surface area contributed by atoms with Crippen molar-refractivity contribution in [2.75, 3.05) is 5.32 Å². The number of oxazole rings is 1. The van der Waals surface area contributed by atoms with E-state index < -0.39 is 29.6 Å². The molecule has 8 heteroatoms. The first-order valence-corrected chi connectivity index (χ1v) is 8.35. The number of esters is 1. The predicted octanol–water partition coefficient (Wildman–Crippen LogP) is 4.11. The minimum Gasteiger partial charge on any atom is -0.448 e. The Hall–Kier alpha value is -3.55.